The van der Waals surface area contributed by atoms with Crippen molar-refractivity contribution in [2.75, 3.05) is 39.9 Å². The fourth-order valence-corrected chi connectivity index (χ4v) is 7.39. The second-order valence-corrected chi connectivity index (χ2v) is 14.0. The highest BCUT2D eigenvalue weighted by atomic mass is 32.2. The number of rotatable bonds is 10. The highest BCUT2D eigenvalue weighted by Crippen LogP contribution is 2.37. The Morgan fingerprint density at radius 2 is 1.88 bits per heavy atom. The molecule has 40 heavy (non-hydrogen) atoms. The second-order valence-electron chi connectivity index (χ2n) is 10.2. The number of nitrogens with one attached hydrogen (secondary N) is 2. The third-order valence-electron chi connectivity index (χ3n) is 7.51. The molecule has 11 nitrogen and oxygen atoms in total. The summed E-state index contributed by atoms with van der Waals surface area (Å²) < 4.78 is 66.0. The molecule has 0 amide bonds. The number of aliphatic hydroxyl groups is 1. The first-order chi connectivity index (χ1) is 19.1. The van der Waals surface area contributed by atoms with Crippen molar-refractivity contribution in [3.63, 3.8) is 0 Å². The highest BCUT2D eigenvalue weighted by molar-refractivity contribution is 7.89. The molecule has 2 aromatic carbocycles. The summed E-state index contributed by atoms with van der Waals surface area (Å²) in [6.45, 7) is 1.46. The smallest absolute Gasteiger partial charge is 0.244 e. The fraction of sp³-hybridized carbons (Fsp3) is 0.444. The molecule has 0 radical (unpaired) electrons. The summed E-state index contributed by atoms with van der Waals surface area (Å²) in [5.41, 5.74) is 0.356. The maximum atomic E-state index is 13.3. The molecule has 1 unspecified atom stereocenters. The lowest BCUT2D eigenvalue weighted by Gasteiger charge is -2.38. The quantitative estimate of drug-likeness (QED) is 0.319. The number of benzene rings is 2. The number of fused-ring (bicyclic) bond motifs is 1. The number of ether oxygens (including phenoxy) is 2. The van der Waals surface area contributed by atoms with E-state index in [4.69, 9.17) is 9.47 Å². The minimum atomic E-state index is -3.66. The van der Waals surface area contributed by atoms with Crippen molar-refractivity contribution < 1.29 is 31.4 Å². The van der Waals surface area contributed by atoms with Gasteiger partial charge in [-0.1, -0.05) is 24.3 Å². The first-order valence-corrected chi connectivity index (χ1v) is 16.1. The molecule has 1 aromatic heterocycles. The van der Waals surface area contributed by atoms with Gasteiger partial charge in [-0.25, -0.2) is 21.6 Å². The molecule has 0 saturated carbocycles. The lowest BCUT2D eigenvalue weighted by atomic mass is 9.88. The number of hydrogen-bond donors (Lipinski definition) is 3. The lowest BCUT2D eigenvalue weighted by Crippen LogP contribution is -2.47. The van der Waals surface area contributed by atoms with Crippen LogP contribution in [0.2, 0.25) is 0 Å². The van der Waals surface area contributed by atoms with Gasteiger partial charge in [-0.2, -0.15) is 4.31 Å². The predicted octanol–water partition coefficient (Wildman–Crippen LogP) is 1.48. The van der Waals surface area contributed by atoms with Crippen LogP contribution in [0.15, 0.2) is 70.6 Å². The van der Waals surface area contributed by atoms with Crippen molar-refractivity contribution >= 4 is 30.9 Å². The lowest BCUT2D eigenvalue weighted by molar-refractivity contribution is -0.0312. The monoisotopic (exact) mass is 590 g/mol. The van der Waals surface area contributed by atoms with Crippen LogP contribution in [0.5, 0.6) is 5.75 Å². The fourth-order valence-electron chi connectivity index (χ4n) is 5.20. The van der Waals surface area contributed by atoms with E-state index >= 15 is 0 Å². The number of sulfonamides is 2. The molecule has 13 heteroatoms. The number of para-hydroxylation sites is 1. The summed E-state index contributed by atoms with van der Waals surface area (Å²) in [4.78, 5) is 4.59. The van der Waals surface area contributed by atoms with Crippen molar-refractivity contribution in [3.05, 3.63) is 60.8 Å². The minimum Gasteiger partial charge on any atom is -0.491 e. The SMILES string of the molecule is CNS(=O)(=O)c1cccc(OCC(O)CN[C@@H]2COC3(CCN(S(=O)(=O)c4cnc5ccccc5c4)CC3)C2)c1. The van der Waals surface area contributed by atoms with Crippen molar-refractivity contribution in [2.45, 2.75) is 46.8 Å². The van der Waals surface area contributed by atoms with Crippen LogP contribution in [-0.2, 0) is 24.8 Å². The van der Waals surface area contributed by atoms with E-state index in [1.54, 1.807) is 18.2 Å². The Morgan fingerprint density at radius 3 is 2.65 bits per heavy atom. The molecule has 216 valence electrons. The molecular formula is C27H34N4O7S2. The topological polar surface area (TPSA) is 147 Å². The molecule has 5 rings (SSSR count). The van der Waals surface area contributed by atoms with Crippen LogP contribution in [-0.4, -0.2) is 88.9 Å². The van der Waals surface area contributed by atoms with Gasteiger partial charge in [-0.15, -0.1) is 0 Å². The number of nitrogens with zero attached hydrogens (tertiary/aromatic N) is 2. The average Bonchev–Trinajstić information content (AvgIpc) is 3.37. The van der Waals surface area contributed by atoms with Crippen LogP contribution in [0, 0.1) is 0 Å². The first-order valence-electron chi connectivity index (χ1n) is 13.2. The number of piperidine rings is 1. The molecule has 3 heterocycles. The Labute approximate surface area is 234 Å². The van der Waals surface area contributed by atoms with Crippen molar-refractivity contribution in [2.24, 2.45) is 0 Å². The third-order valence-corrected chi connectivity index (χ3v) is 10.8. The zero-order valence-electron chi connectivity index (χ0n) is 22.2. The van der Waals surface area contributed by atoms with Gasteiger partial charge < -0.3 is 19.9 Å². The summed E-state index contributed by atoms with van der Waals surface area (Å²) in [5.74, 6) is 0.347. The standard InChI is InChI=1S/C27H34N4O7S2/c1-28-39(33,34)24-7-4-6-23(14-24)37-19-22(32)16-29-21-15-27(38-18-21)9-11-31(12-10-27)40(35,36)25-13-20-5-2-3-8-26(20)30-17-25/h2-8,13-14,17,21-22,28-29,32H,9-12,15-16,18-19H2,1H3/t21-,22?/m0/s1. The second kappa shape index (κ2) is 11.7. The van der Waals surface area contributed by atoms with E-state index in [9.17, 15) is 21.9 Å². The zero-order chi connectivity index (χ0) is 28.4. The summed E-state index contributed by atoms with van der Waals surface area (Å²) in [5, 5.41) is 14.5. The normalized spacial score (nSPS) is 20.6. The van der Waals surface area contributed by atoms with Gasteiger partial charge >= 0.3 is 0 Å². The van der Waals surface area contributed by atoms with Crippen LogP contribution in [0.3, 0.4) is 0 Å². The molecular weight excluding hydrogens is 556 g/mol. The molecule has 2 saturated heterocycles. The van der Waals surface area contributed by atoms with E-state index < -0.39 is 31.8 Å². The molecule has 3 aromatic rings. The minimum absolute atomic E-state index is 0.00871. The van der Waals surface area contributed by atoms with E-state index in [0.29, 0.717) is 38.3 Å². The van der Waals surface area contributed by atoms with Gasteiger partial charge in [0, 0.05) is 43.3 Å². The van der Waals surface area contributed by atoms with Crippen molar-refractivity contribution in [3.8, 4) is 5.75 Å². The van der Waals surface area contributed by atoms with Crippen LogP contribution >= 0.6 is 0 Å². The number of aliphatic hydroxyl groups excluding tert-OH is 1. The Balaban J connectivity index is 1.09. The highest BCUT2D eigenvalue weighted by Gasteiger charge is 2.44. The largest absolute Gasteiger partial charge is 0.491 e. The number of hydrogen-bond acceptors (Lipinski definition) is 9. The summed E-state index contributed by atoms with van der Waals surface area (Å²) in [7, 11) is -5.91. The maximum absolute atomic E-state index is 13.3. The van der Waals surface area contributed by atoms with Crippen molar-refractivity contribution in [1.82, 2.24) is 19.3 Å². The van der Waals surface area contributed by atoms with Gasteiger partial charge in [-0.3, -0.25) is 4.98 Å². The molecule has 0 aliphatic carbocycles. The summed E-state index contributed by atoms with van der Waals surface area (Å²) >= 11 is 0. The van der Waals surface area contributed by atoms with Gasteiger partial charge in [0.1, 0.15) is 23.4 Å². The van der Waals surface area contributed by atoms with Crippen molar-refractivity contribution in [1.29, 1.82) is 0 Å². The number of aromatic nitrogens is 1. The molecule has 1 spiro atoms. The van der Waals surface area contributed by atoms with Crippen LogP contribution < -0.4 is 14.8 Å². The van der Waals surface area contributed by atoms with Crippen LogP contribution in [0.1, 0.15) is 19.3 Å². The van der Waals surface area contributed by atoms with Crippen LogP contribution in [0.25, 0.3) is 10.9 Å². The van der Waals surface area contributed by atoms with E-state index in [1.165, 1.54) is 29.7 Å². The molecule has 0 bridgehead atoms. The zero-order valence-corrected chi connectivity index (χ0v) is 23.8. The molecule has 2 fully saturated rings. The third kappa shape index (κ3) is 6.30. The van der Waals surface area contributed by atoms with Gasteiger partial charge in [0.25, 0.3) is 0 Å². The Kier molecular flexibility index (Phi) is 8.43. The molecule has 3 N–H and O–H groups in total. The van der Waals surface area contributed by atoms with Gasteiger partial charge in [0.05, 0.1) is 22.6 Å². The molecule has 2 atom stereocenters. The summed E-state index contributed by atoms with van der Waals surface area (Å²) in [6, 6.07) is 15.2. The average molecular weight is 591 g/mol. The van der Waals surface area contributed by atoms with Gasteiger partial charge in [0.15, 0.2) is 0 Å². The van der Waals surface area contributed by atoms with Gasteiger partial charge in [0.2, 0.25) is 20.0 Å². The van der Waals surface area contributed by atoms with Crippen LogP contribution in [0.4, 0.5) is 0 Å². The van der Waals surface area contributed by atoms with E-state index in [0.717, 1.165) is 17.3 Å². The first kappa shape index (κ1) is 28.9. The molecule has 2 aliphatic heterocycles. The number of pyridine rings is 1. The van der Waals surface area contributed by atoms with E-state index in [-0.39, 0.29) is 29.0 Å². The molecule has 2 aliphatic rings. The van der Waals surface area contributed by atoms with E-state index in [2.05, 4.69) is 15.0 Å². The van der Waals surface area contributed by atoms with E-state index in [1.807, 2.05) is 24.3 Å². The Bertz CT molecular complexity index is 1560. The van der Waals surface area contributed by atoms with Gasteiger partial charge in [-0.05, 0) is 50.6 Å². The Hall–Kier alpha value is -2.65. The predicted molar refractivity (Wildman–Crippen MR) is 149 cm³/mol. The Morgan fingerprint density at radius 1 is 1.10 bits per heavy atom. The maximum Gasteiger partial charge on any atom is 0.244 e. The summed E-state index contributed by atoms with van der Waals surface area (Å²) in [6.07, 6.45) is 2.50.